The summed E-state index contributed by atoms with van der Waals surface area (Å²) >= 11 is 0. The second-order valence-corrected chi connectivity index (χ2v) is 8.25. The lowest BCUT2D eigenvalue weighted by atomic mass is 9.88. The Balaban J connectivity index is 1.75. The van der Waals surface area contributed by atoms with Gasteiger partial charge in [-0.3, -0.25) is 4.79 Å². The SMILES string of the molecule is Cc1c(-c2ccc3c(c2)OCO3)c2c(c3c(c1=O)CCCC3)Cc1ccccc1-2. The highest BCUT2D eigenvalue weighted by Gasteiger charge is 2.29. The third-order valence-electron chi connectivity index (χ3n) is 6.69. The molecule has 6 rings (SSSR count). The van der Waals surface area contributed by atoms with Gasteiger partial charge in [-0.25, -0.2) is 0 Å². The molecule has 0 N–H and O–H groups in total. The number of fused-ring (bicyclic) bond motifs is 6. The smallest absolute Gasteiger partial charge is 0.231 e. The first-order valence-corrected chi connectivity index (χ1v) is 10.4. The van der Waals surface area contributed by atoms with Gasteiger partial charge in [0, 0.05) is 11.1 Å². The molecule has 3 nitrogen and oxygen atoms in total. The van der Waals surface area contributed by atoms with Gasteiger partial charge < -0.3 is 9.47 Å². The summed E-state index contributed by atoms with van der Waals surface area (Å²) in [5.41, 5.74) is 10.7. The molecule has 1 aliphatic heterocycles. The van der Waals surface area contributed by atoms with Crippen LogP contribution in [0.2, 0.25) is 0 Å². The molecular formula is C26H22O3. The zero-order valence-electron chi connectivity index (χ0n) is 16.5. The fourth-order valence-electron chi connectivity index (χ4n) is 5.33. The first-order valence-electron chi connectivity index (χ1n) is 10.4. The van der Waals surface area contributed by atoms with Crippen molar-refractivity contribution < 1.29 is 9.47 Å². The molecule has 2 aliphatic carbocycles. The molecule has 144 valence electrons. The molecule has 0 atom stereocenters. The molecule has 0 spiro atoms. The van der Waals surface area contributed by atoms with E-state index in [1.54, 1.807) is 0 Å². The van der Waals surface area contributed by atoms with Crippen LogP contribution in [0.4, 0.5) is 0 Å². The molecule has 0 radical (unpaired) electrons. The zero-order valence-corrected chi connectivity index (χ0v) is 16.5. The number of hydrogen-bond acceptors (Lipinski definition) is 3. The Morgan fingerprint density at radius 2 is 1.62 bits per heavy atom. The van der Waals surface area contributed by atoms with E-state index in [1.807, 2.05) is 19.1 Å². The summed E-state index contributed by atoms with van der Waals surface area (Å²) in [7, 11) is 0. The standard InChI is InChI=1S/C26H22O3/c1-15-24(17-10-11-22-23(13-17)29-14-28-22)25-18-7-3-2-6-16(18)12-21(25)19-8-4-5-9-20(19)26(15)27/h2-3,6-7,10-11,13H,4-5,8-9,12,14H2,1H3. The van der Waals surface area contributed by atoms with Crippen molar-refractivity contribution in [2.75, 3.05) is 6.79 Å². The predicted octanol–water partition coefficient (Wildman–Crippen LogP) is 5.20. The molecule has 0 aromatic heterocycles. The van der Waals surface area contributed by atoms with Crippen LogP contribution in [0.1, 0.15) is 40.7 Å². The highest BCUT2D eigenvalue weighted by molar-refractivity contribution is 5.92. The van der Waals surface area contributed by atoms with E-state index in [4.69, 9.17) is 9.47 Å². The third-order valence-corrected chi connectivity index (χ3v) is 6.69. The van der Waals surface area contributed by atoms with Crippen molar-refractivity contribution in [3.8, 4) is 33.8 Å². The summed E-state index contributed by atoms with van der Waals surface area (Å²) in [6.07, 6.45) is 5.09. The van der Waals surface area contributed by atoms with Crippen molar-refractivity contribution in [2.24, 2.45) is 0 Å². The molecule has 3 aliphatic rings. The van der Waals surface area contributed by atoms with E-state index in [0.29, 0.717) is 0 Å². The average molecular weight is 382 g/mol. The number of ether oxygens (including phenoxy) is 2. The molecule has 3 aromatic rings. The minimum absolute atomic E-state index is 0.222. The van der Waals surface area contributed by atoms with Crippen LogP contribution in [-0.2, 0) is 19.3 Å². The second kappa shape index (κ2) is 6.21. The van der Waals surface area contributed by atoms with E-state index in [1.165, 1.54) is 27.8 Å². The van der Waals surface area contributed by atoms with Gasteiger partial charge in [0.05, 0.1) is 0 Å². The first-order chi connectivity index (χ1) is 14.2. The van der Waals surface area contributed by atoms with Crippen LogP contribution in [-0.4, -0.2) is 6.79 Å². The van der Waals surface area contributed by atoms with E-state index in [0.717, 1.165) is 65.9 Å². The van der Waals surface area contributed by atoms with Gasteiger partial charge in [0.25, 0.3) is 0 Å². The summed E-state index contributed by atoms with van der Waals surface area (Å²) < 4.78 is 11.2. The fourth-order valence-corrected chi connectivity index (χ4v) is 5.33. The van der Waals surface area contributed by atoms with Gasteiger partial charge in [-0.2, -0.15) is 0 Å². The maximum absolute atomic E-state index is 13.5. The Labute approximate surface area is 169 Å². The van der Waals surface area contributed by atoms with Crippen molar-refractivity contribution in [1.29, 1.82) is 0 Å². The van der Waals surface area contributed by atoms with Crippen LogP contribution in [0.3, 0.4) is 0 Å². The quantitative estimate of drug-likeness (QED) is 0.454. The summed E-state index contributed by atoms with van der Waals surface area (Å²) in [5.74, 6) is 1.52. The van der Waals surface area contributed by atoms with Crippen molar-refractivity contribution in [3.63, 3.8) is 0 Å². The number of rotatable bonds is 1. The molecule has 29 heavy (non-hydrogen) atoms. The molecule has 3 aromatic carbocycles. The summed E-state index contributed by atoms with van der Waals surface area (Å²) in [4.78, 5) is 13.5. The molecule has 1 heterocycles. The van der Waals surface area contributed by atoms with E-state index in [9.17, 15) is 4.79 Å². The van der Waals surface area contributed by atoms with Gasteiger partial charge in [-0.1, -0.05) is 30.3 Å². The Bertz CT molecular complexity index is 1240. The minimum atomic E-state index is 0.222. The Hall–Kier alpha value is -3.07. The maximum atomic E-state index is 13.5. The van der Waals surface area contributed by atoms with E-state index in [2.05, 4.69) is 30.3 Å². The monoisotopic (exact) mass is 382 g/mol. The molecule has 0 saturated carbocycles. The molecule has 0 fully saturated rings. The van der Waals surface area contributed by atoms with Crippen LogP contribution in [0.5, 0.6) is 11.5 Å². The summed E-state index contributed by atoms with van der Waals surface area (Å²) in [6, 6.07) is 14.7. The van der Waals surface area contributed by atoms with Crippen molar-refractivity contribution in [3.05, 3.63) is 80.5 Å². The molecule has 0 unspecified atom stereocenters. The van der Waals surface area contributed by atoms with Gasteiger partial charge in [0.2, 0.25) is 6.79 Å². The van der Waals surface area contributed by atoms with Crippen LogP contribution in [0.15, 0.2) is 47.3 Å². The lowest BCUT2D eigenvalue weighted by Crippen LogP contribution is -2.16. The first kappa shape index (κ1) is 16.8. The van der Waals surface area contributed by atoms with Crippen molar-refractivity contribution in [2.45, 2.75) is 39.0 Å². The van der Waals surface area contributed by atoms with Gasteiger partial charge in [-0.05, 0) is 90.1 Å². The summed E-state index contributed by atoms with van der Waals surface area (Å²) in [5, 5.41) is 0. The second-order valence-electron chi connectivity index (χ2n) is 8.25. The fraction of sp³-hybridized carbons (Fsp3) is 0.269. The lowest BCUT2D eigenvalue weighted by Gasteiger charge is -2.15. The minimum Gasteiger partial charge on any atom is -0.454 e. The summed E-state index contributed by atoms with van der Waals surface area (Å²) in [6.45, 7) is 2.25. The van der Waals surface area contributed by atoms with E-state index < -0.39 is 0 Å². The number of hydrogen-bond donors (Lipinski definition) is 0. The van der Waals surface area contributed by atoms with Gasteiger partial charge in [-0.15, -0.1) is 0 Å². The molecule has 3 heteroatoms. The topological polar surface area (TPSA) is 35.5 Å². The lowest BCUT2D eigenvalue weighted by molar-refractivity contribution is 0.174. The van der Waals surface area contributed by atoms with Gasteiger partial charge >= 0.3 is 0 Å². The van der Waals surface area contributed by atoms with Crippen molar-refractivity contribution in [1.82, 2.24) is 0 Å². The maximum Gasteiger partial charge on any atom is 0.231 e. The Kier molecular flexibility index (Phi) is 3.61. The predicted molar refractivity (Wildman–Crippen MR) is 114 cm³/mol. The molecule has 0 amide bonds. The highest BCUT2D eigenvalue weighted by Crippen LogP contribution is 2.47. The van der Waals surface area contributed by atoms with Gasteiger partial charge in [0.15, 0.2) is 16.9 Å². The Morgan fingerprint density at radius 1 is 0.828 bits per heavy atom. The van der Waals surface area contributed by atoms with Crippen LogP contribution in [0.25, 0.3) is 22.3 Å². The van der Waals surface area contributed by atoms with Crippen LogP contribution >= 0.6 is 0 Å². The Morgan fingerprint density at radius 3 is 2.52 bits per heavy atom. The largest absolute Gasteiger partial charge is 0.454 e. The van der Waals surface area contributed by atoms with E-state index >= 15 is 0 Å². The van der Waals surface area contributed by atoms with E-state index in [-0.39, 0.29) is 12.2 Å². The molecule has 0 bridgehead atoms. The van der Waals surface area contributed by atoms with Crippen molar-refractivity contribution >= 4 is 0 Å². The molecular weight excluding hydrogens is 360 g/mol. The zero-order chi connectivity index (χ0) is 19.5. The molecule has 0 saturated heterocycles. The number of benzene rings is 2. The van der Waals surface area contributed by atoms with Crippen LogP contribution in [0, 0.1) is 6.92 Å². The normalized spacial score (nSPS) is 15.6. The van der Waals surface area contributed by atoms with Crippen LogP contribution < -0.4 is 14.9 Å². The van der Waals surface area contributed by atoms with Gasteiger partial charge in [0.1, 0.15) is 0 Å². The third kappa shape index (κ3) is 2.40. The average Bonchev–Trinajstić information content (AvgIpc) is 3.36. The highest BCUT2D eigenvalue weighted by atomic mass is 16.7.